The highest BCUT2D eigenvalue weighted by Gasteiger charge is 2.23. The SMILES string of the molecule is O=C1NNC=NC1c1ccccc1Cl. The van der Waals surface area contributed by atoms with Crippen molar-refractivity contribution in [2.45, 2.75) is 6.04 Å². The maximum absolute atomic E-state index is 11.4. The fourth-order valence-corrected chi connectivity index (χ4v) is 1.51. The van der Waals surface area contributed by atoms with E-state index in [-0.39, 0.29) is 5.91 Å². The van der Waals surface area contributed by atoms with Crippen molar-refractivity contribution in [1.29, 1.82) is 0 Å². The first-order valence-corrected chi connectivity index (χ1v) is 4.48. The summed E-state index contributed by atoms with van der Waals surface area (Å²) in [6.07, 6.45) is 1.44. The lowest BCUT2D eigenvalue weighted by Crippen LogP contribution is -2.43. The van der Waals surface area contributed by atoms with Gasteiger partial charge in [0.25, 0.3) is 5.91 Å². The van der Waals surface area contributed by atoms with Gasteiger partial charge in [0, 0.05) is 10.6 Å². The Morgan fingerprint density at radius 2 is 2.14 bits per heavy atom. The van der Waals surface area contributed by atoms with Gasteiger partial charge in [0.05, 0.1) is 0 Å². The van der Waals surface area contributed by atoms with Crippen molar-refractivity contribution in [2.24, 2.45) is 4.99 Å². The number of hydrogen-bond donors (Lipinski definition) is 2. The van der Waals surface area contributed by atoms with Crippen LogP contribution in [0.25, 0.3) is 0 Å². The van der Waals surface area contributed by atoms with Gasteiger partial charge in [-0.05, 0) is 6.07 Å². The summed E-state index contributed by atoms with van der Waals surface area (Å²) in [5, 5.41) is 0.548. The minimum atomic E-state index is -0.551. The molecule has 1 aliphatic heterocycles. The molecule has 0 saturated heterocycles. The number of nitrogens with zero attached hydrogens (tertiary/aromatic N) is 1. The van der Waals surface area contributed by atoms with E-state index in [1.807, 2.05) is 12.1 Å². The van der Waals surface area contributed by atoms with Gasteiger partial charge in [-0.3, -0.25) is 20.6 Å². The lowest BCUT2D eigenvalue weighted by Gasteiger charge is -2.17. The van der Waals surface area contributed by atoms with Crippen molar-refractivity contribution in [3.63, 3.8) is 0 Å². The van der Waals surface area contributed by atoms with E-state index in [9.17, 15) is 4.79 Å². The van der Waals surface area contributed by atoms with E-state index in [0.717, 1.165) is 0 Å². The molecule has 14 heavy (non-hydrogen) atoms. The Bertz CT molecular complexity index is 391. The Balaban J connectivity index is 2.39. The Morgan fingerprint density at radius 1 is 1.36 bits per heavy atom. The van der Waals surface area contributed by atoms with E-state index in [2.05, 4.69) is 15.8 Å². The van der Waals surface area contributed by atoms with E-state index < -0.39 is 6.04 Å². The normalized spacial score (nSPS) is 20.1. The fraction of sp³-hybridized carbons (Fsp3) is 0.111. The van der Waals surface area contributed by atoms with Crippen LogP contribution in [0.1, 0.15) is 11.6 Å². The van der Waals surface area contributed by atoms with Crippen LogP contribution < -0.4 is 10.9 Å². The molecule has 1 aromatic carbocycles. The van der Waals surface area contributed by atoms with E-state index >= 15 is 0 Å². The molecule has 2 rings (SSSR count). The summed E-state index contributed by atoms with van der Waals surface area (Å²) in [6, 6.07) is 6.61. The van der Waals surface area contributed by atoms with Crippen LogP contribution in [0.15, 0.2) is 29.3 Å². The molecule has 1 heterocycles. The predicted molar refractivity (Wildman–Crippen MR) is 54.0 cm³/mol. The topological polar surface area (TPSA) is 53.5 Å². The smallest absolute Gasteiger partial charge is 0.267 e. The van der Waals surface area contributed by atoms with Gasteiger partial charge >= 0.3 is 0 Å². The maximum atomic E-state index is 11.4. The van der Waals surface area contributed by atoms with Crippen LogP contribution in [-0.2, 0) is 4.79 Å². The van der Waals surface area contributed by atoms with Gasteiger partial charge in [-0.25, -0.2) is 0 Å². The highest BCUT2D eigenvalue weighted by molar-refractivity contribution is 6.31. The number of aliphatic imine (C=N–C) groups is 1. The van der Waals surface area contributed by atoms with Gasteiger partial charge < -0.3 is 0 Å². The average molecular weight is 210 g/mol. The minimum absolute atomic E-state index is 0.208. The Kier molecular flexibility index (Phi) is 2.37. The standard InChI is InChI=1S/C9H8ClN3O/c10-7-4-2-1-3-6(7)8-9(14)13-12-5-11-8/h1-5,8H,(H,11,12)(H,13,14). The van der Waals surface area contributed by atoms with E-state index in [0.29, 0.717) is 10.6 Å². The molecular weight excluding hydrogens is 202 g/mol. The molecule has 0 saturated carbocycles. The number of halogens is 1. The number of carbonyl (C=O) groups is 1. The van der Waals surface area contributed by atoms with Crippen LogP contribution in [0.4, 0.5) is 0 Å². The summed E-state index contributed by atoms with van der Waals surface area (Å²) in [5.41, 5.74) is 5.69. The van der Waals surface area contributed by atoms with Crippen LogP contribution in [0.3, 0.4) is 0 Å². The first-order chi connectivity index (χ1) is 6.79. The summed E-state index contributed by atoms with van der Waals surface area (Å²) in [4.78, 5) is 15.4. The second-order valence-electron chi connectivity index (χ2n) is 2.84. The molecule has 1 unspecified atom stereocenters. The molecule has 0 fully saturated rings. The average Bonchev–Trinajstić information content (AvgIpc) is 2.20. The van der Waals surface area contributed by atoms with E-state index in [4.69, 9.17) is 11.6 Å². The summed E-state index contributed by atoms with van der Waals surface area (Å²) in [7, 11) is 0. The molecule has 1 aromatic rings. The molecule has 1 amide bonds. The summed E-state index contributed by atoms with van der Waals surface area (Å²) in [5.74, 6) is -0.208. The second kappa shape index (κ2) is 3.67. The molecule has 0 spiro atoms. The summed E-state index contributed by atoms with van der Waals surface area (Å²) >= 11 is 5.95. The molecule has 0 bridgehead atoms. The van der Waals surface area contributed by atoms with Crippen LogP contribution in [0, 0.1) is 0 Å². The molecule has 1 atom stereocenters. The summed E-state index contributed by atoms with van der Waals surface area (Å²) in [6.45, 7) is 0. The second-order valence-corrected chi connectivity index (χ2v) is 3.24. The fourth-order valence-electron chi connectivity index (χ4n) is 1.27. The zero-order valence-electron chi connectivity index (χ0n) is 7.20. The van der Waals surface area contributed by atoms with Crippen molar-refractivity contribution in [3.05, 3.63) is 34.9 Å². The van der Waals surface area contributed by atoms with Gasteiger partial charge in [-0.2, -0.15) is 0 Å². The molecule has 2 N–H and O–H groups in total. The highest BCUT2D eigenvalue weighted by Crippen LogP contribution is 2.25. The van der Waals surface area contributed by atoms with Crippen LogP contribution in [0.2, 0.25) is 5.02 Å². The van der Waals surface area contributed by atoms with Crippen molar-refractivity contribution >= 4 is 23.8 Å². The molecule has 1 aliphatic rings. The van der Waals surface area contributed by atoms with Gasteiger partial charge in [-0.15, -0.1) is 0 Å². The number of amides is 1. The zero-order chi connectivity index (χ0) is 9.97. The van der Waals surface area contributed by atoms with Gasteiger partial charge in [-0.1, -0.05) is 29.8 Å². The van der Waals surface area contributed by atoms with Gasteiger partial charge in [0.1, 0.15) is 6.34 Å². The highest BCUT2D eigenvalue weighted by atomic mass is 35.5. The third kappa shape index (κ3) is 1.56. The van der Waals surface area contributed by atoms with Crippen molar-refractivity contribution < 1.29 is 4.79 Å². The number of benzene rings is 1. The van der Waals surface area contributed by atoms with Crippen molar-refractivity contribution in [1.82, 2.24) is 10.9 Å². The molecular formula is C9H8ClN3O. The number of carbonyl (C=O) groups excluding carboxylic acids is 1. The van der Waals surface area contributed by atoms with Crippen LogP contribution in [0.5, 0.6) is 0 Å². The number of nitrogens with one attached hydrogen (secondary N) is 2. The molecule has 4 nitrogen and oxygen atoms in total. The maximum Gasteiger partial charge on any atom is 0.267 e. The molecule has 72 valence electrons. The van der Waals surface area contributed by atoms with Gasteiger partial charge in [0.15, 0.2) is 6.04 Å². The molecule has 0 radical (unpaired) electrons. The van der Waals surface area contributed by atoms with Crippen LogP contribution in [-0.4, -0.2) is 12.2 Å². The molecule has 5 heteroatoms. The van der Waals surface area contributed by atoms with E-state index in [1.165, 1.54) is 6.34 Å². The zero-order valence-corrected chi connectivity index (χ0v) is 7.95. The lowest BCUT2D eigenvalue weighted by molar-refractivity contribution is -0.123. The van der Waals surface area contributed by atoms with Crippen LogP contribution >= 0.6 is 11.6 Å². The predicted octanol–water partition coefficient (Wildman–Crippen LogP) is 1.04. The first-order valence-electron chi connectivity index (χ1n) is 4.10. The van der Waals surface area contributed by atoms with Crippen molar-refractivity contribution in [2.75, 3.05) is 0 Å². The quantitative estimate of drug-likeness (QED) is 0.726. The number of hydrazine groups is 1. The summed E-state index contributed by atoms with van der Waals surface area (Å²) < 4.78 is 0. The third-order valence-electron chi connectivity index (χ3n) is 1.93. The molecule has 0 aromatic heterocycles. The monoisotopic (exact) mass is 209 g/mol. The largest absolute Gasteiger partial charge is 0.288 e. The lowest BCUT2D eigenvalue weighted by atomic mass is 10.1. The van der Waals surface area contributed by atoms with E-state index in [1.54, 1.807) is 12.1 Å². The molecule has 0 aliphatic carbocycles. The number of hydrogen-bond acceptors (Lipinski definition) is 3. The Morgan fingerprint density at radius 3 is 2.86 bits per heavy atom. The Hall–Kier alpha value is -1.55. The Labute approximate surface area is 86.0 Å². The first kappa shape index (κ1) is 9.02. The third-order valence-corrected chi connectivity index (χ3v) is 2.28. The minimum Gasteiger partial charge on any atom is -0.288 e. The van der Waals surface area contributed by atoms with Crippen molar-refractivity contribution in [3.8, 4) is 0 Å². The van der Waals surface area contributed by atoms with Gasteiger partial charge in [0.2, 0.25) is 0 Å². The number of rotatable bonds is 1.